The number of anilines is 1. The van der Waals surface area contributed by atoms with Crippen LogP contribution in [0.5, 0.6) is 0 Å². The number of para-hydroxylation sites is 1. The van der Waals surface area contributed by atoms with Crippen molar-refractivity contribution in [1.29, 1.82) is 0 Å². The van der Waals surface area contributed by atoms with E-state index in [0.29, 0.717) is 27.1 Å². The number of amides is 2. The summed E-state index contributed by atoms with van der Waals surface area (Å²) in [6.07, 6.45) is 1.99. The molecule has 0 saturated heterocycles. The smallest absolute Gasteiger partial charge is 0.266 e. The second-order valence-electron chi connectivity index (χ2n) is 6.42. The molecule has 26 heavy (non-hydrogen) atoms. The van der Waals surface area contributed by atoms with Gasteiger partial charge in [0.1, 0.15) is 5.82 Å². The van der Waals surface area contributed by atoms with Crippen molar-refractivity contribution in [3.05, 3.63) is 64.3 Å². The van der Waals surface area contributed by atoms with Gasteiger partial charge in [-0.05, 0) is 49.6 Å². The first-order valence-electron chi connectivity index (χ1n) is 8.43. The fourth-order valence-corrected chi connectivity index (χ4v) is 4.05. The molecule has 1 aliphatic carbocycles. The molecule has 132 valence electrons. The van der Waals surface area contributed by atoms with Crippen molar-refractivity contribution in [2.75, 3.05) is 5.32 Å². The van der Waals surface area contributed by atoms with Gasteiger partial charge in [0.05, 0.1) is 16.1 Å². The molecular weight excluding hydrogens is 351 g/mol. The van der Waals surface area contributed by atoms with Crippen molar-refractivity contribution in [2.45, 2.75) is 25.8 Å². The third-order valence-corrected chi connectivity index (χ3v) is 5.70. The standard InChI is InChI=1S/C20H17FN2O2S/c1-11-17-14(21)6-4-8-16(17)26-18(11)20(25)23-15-7-3-2-5-13(15)19(24)22-12-9-10-12/h2-8,12H,9-10H2,1H3,(H,22,24)(H,23,25). The monoisotopic (exact) mass is 368 g/mol. The molecule has 4 rings (SSSR count). The predicted molar refractivity (Wildman–Crippen MR) is 101 cm³/mol. The second-order valence-corrected chi connectivity index (χ2v) is 7.47. The van der Waals surface area contributed by atoms with E-state index in [2.05, 4.69) is 10.6 Å². The van der Waals surface area contributed by atoms with Crippen molar-refractivity contribution >= 4 is 38.9 Å². The first-order chi connectivity index (χ1) is 12.5. The maximum absolute atomic E-state index is 14.1. The highest BCUT2D eigenvalue weighted by Gasteiger charge is 2.25. The Balaban J connectivity index is 1.64. The SMILES string of the molecule is Cc1c(C(=O)Nc2ccccc2C(=O)NC2CC2)sc2cccc(F)c12. The number of carbonyl (C=O) groups excluding carboxylic acids is 2. The average molecular weight is 368 g/mol. The van der Waals surface area contributed by atoms with Gasteiger partial charge in [0, 0.05) is 16.1 Å². The number of aryl methyl sites for hydroxylation is 1. The number of carbonyl (C=O) groups is 2. The van der Waals surface area contributed by atoms with Crippen LogP contribution in [-0.2, 0) is 0 Å². The molecule has 0 spiro atoms. The molecular formula is C20H17FN2O2S. The van der Waals surface area contributed by atoms with Crippen LogP contribution in [0.15, 0.2) is 42.5 Å². The van der Waals surface area contributed by atoms with Crippen LogP contribution < -0.4 is 10.6 Å². The van der Waals surface area contributed by atoms with Gasteiger partial charge in [0.25, 0.3) is 11.8 Å². The lowest BCUT2D eigenvalue weighted by atomic mass is 10.1. The molecule has 1 heterocycles. The van der Waals surface area contributed by atoms with Crippen molar-refractivity contribution in [1.82, 2.24) is 5.32 Å². The number of hydrogen-bond acceptors (Lipinski definition) is 3. The van der Waals surface area contributed by atoms with Crippen molar-refractivity contribution in [3.8, 4) is 0 Å². The summed E-state index contributed by atoms with van der Waals surface area (Å²) in [5, 5.41) is 6.21. The highest BCUT2D eigenvalue weighted by Crippen LogP contribution is 2.33. The molecule has 6 heteroatoms. The zero-order valence-electron chi connectivity index (χ0n) is 14.1. The zero-order chi connectivity index (χ0) is 18.3. The summed E-state index contributed by atoms with van der Waals surface area (Å²) in [4.78, 5) is 25.6. The normalized spacial score (nSPS) is 13.6. The Hall–Kier alpha value is -2.73. The third kappa shape index (κ3) is 3.08. The van der Waals surface area contributed by atoms with Gasteiger partial charge in [-0.3, -0.25) is 9.59 Å². The van der Waals surface area contributed by atoms with Gasteiger partial charge in [-0.25, -0.2) is 4.39 Å². The lowest BCUT2D eigenvalue weighted by Gasteiger charge is -2.11. The summed E-state index contributed by atoms with van der Waals surface area (Å²) in [6, 6.07) is 12.0. The van der Waals surface area contributed by atoms with Gasteiger partial charge >= 0.3 is 0 Å². The first kappa shape index (κ1) is 16.7. The second kappa shape index (κ2) is 6.53. The number of thiophene rings is 1. The zero-order valence-corrected chi connectivity index (χ0v) is 15.0. The van der Waals surface area contributed by atoms with Gasteiger partial charge in [-0.1, -0.05) is 18.2 Å². The Morgan fingerprint density at radius 1 is 1.08 bits per heavy atom. The van der Waals surface area contributed by atoms with Crippen LogP contribution in [0.4, 0.5) is 10.1 Å². The number of hydrogen-bond donors (Lipinski definition) is 2. The van der Waals surface area contributed by atoms with E-state index in [1.54, 1.807) is 43.3 Å². The molecule has 1 fully saturated rings. The minimum absolute atomic E-state index is 0.192. The summed E-state index contributed by atoms with van der Waals surface area (Å²) in [5.41, 5.74) is 1.49. The van der Waals surface area contributed by atoms with Gasteiger partial charge in [-0.15, -0.1) is 11.3 Å². The molecule has 2 amide bonds. The third-order valence-electron chi connectivity index (χ3n) is 4.44. The minimum atomic E-state index is -0.338. The van der Waals surface area contributed by atoms with Crippen LogP contribution in [0.1, 0.15) is 38.4 Å². The lowest BCUT2D eigenvalue weighted by Crippen LogP contribution is -2.26. The van der Waals surface area contributed by atoms with Gasteiger partial charge in [-0.2, -0.15) is 0 Å². The fourth-order valence-electron chi connectivity index (χ4n) is 2.93. The van der Waals surface area contributed by atoms with Crippen LogP contribution in [0.25, 0.3) is 10.1 Å². The summed E-state index contributed by atoms with van der Waals surface area (Å²) in [6.45, 7) is 1.74. The molecule has 0 bridgehead atoms. The van der Waals surface area contributed by atoms with E-state index in [9.17, 15) is 14.0 Å². The van der Waals surface area contributed by atoms with E-state index in [4.69, 9.17) is 0 Å². The Morgan fingerprint density at radius 2 is 1.85 bits per heavy atom. The van der Waals surface area contributed by atoms with E-state index in [1.165, 1.54) is 17.4 Å². The summed E-state index contributed by atoms with van der Waals surface area (Å²) in [7, 11) is 0. The largest absolute Gasteiger partial charge is 0.349 e. The van der Waals surface area contributed by atoms with E-state index < -0.39 is 0 Å². The van der Waals surface area contributed by atoms with Crippen LogP contribution in [-0.4, -0.2) is 17.9 Å². The molecule has 2 N–H and O–H groups in total. The lowest BCUT2D eigenvalue weighted by molar-refractivity contribution is 0.0952. The Labute approximate surface area is 154 Å². The minimum Gasteiger partial charge on any atom is -0.349 e. The quantitative estimate of drug-likeness (QED) is 0.713. The highest BCUT2D eigenvalue weighted by molar-refractivity contribution is 7.21. The molecule has 1 saturated carbocycles. The molecule has 3 aromatic rings. The van der Waals surface area contributed by atoms with E-state index >= 15 is 0 Å². The fraction of sp³-hybridized carbons (Fsp3) is 0.200. The first-order valence-corrected chi connectivity index (χ1v) is 9.25. The molecule has 4 nitrogen and oxygen atoms in total. The summed E-state index contributed by atoms with van der Waals surface area (Å²) < 4.78 is 14.8. The number of halogens is 1. The van der Waals surface area contributed by atoms with E-state index in [-0.39, 0.29) is 23.7 Å². The molecule has 0 radical (unpaired) electrons. The summed E-state index contributed by atoms with van der Waals surface area (Å²) in [5.74, 6) is -0.864. The Bertz CT molecular complexity index is 1020. The number of rotatable bonds is 4. The van der Waals surface area contributed by atoms with Crippen molar-refractivity contribution < 1.29 is 14.0 Å². The maximum atomic E-state index is 14.1. The predicted octanol–water partition coefficient (Wildman–Crippen LogP) is 4.49. The Morgan fingerprint density at radius 3 is 2.58 bits per heavy atom. The van der Waals surface area contributed by atoms with Crippen LogP contribution >= 0.6 is 11.3 Å². The van der Waals surface area contributed by atoms with Crippen LogP contribution in [0, 0.1) is 12.7 Å². The van der Waals surface area contributed by atoms with Crippen LogP contribution in [0.2, 0.25) is 0 Å². The molecule has 2 aromatic carbocycles. The van der Waals surface area contributed by atoms with Crippen molar-refractivity contribution in [2.24, 2.45) is 0 Å². The van der Waals surface area contributed by atoms with Gasteiger partial charge < -0.3 is 10.6 Å². The molecule has 1 aliphatic rings. The molecule has 0 atom stereocenters. The number of benzene rings is 2. The van der Waals surface area contributed by atoms with E-state index in [0.717, 1.165) is 17.5 Å². The van der Waals surface area contributed by atoms with Gasteiger partial charge in [0.15, 0.2) is 0 Å². The van der Waals surface area contributed by atoms with E-state index in [1.807, 2.05) is 0 Å². The molecule has 1 aromatic heterocycles. The molecule has 0 aliphatic heterocycles. The number of fused-ring (bicyclic) bond motifs is 1. The van der Waals surface area contributed by atoms with Crippen LogP contribution in [0.3, 0.4) is 0 Å². The van der Waals surface area contributed by atoms with Crippen molar-refractivity contribution in [3.63, 3.8) is 0 Å². The molecule has 0 unspecified atom stereocenters. The van der Waals surface area contributed by atoms with Gasteiger partial charge in [0.2, 0.25) is 0 Å². The highest BCUT2D eigenvalue weighted by atomic mass is 32.1. The average Bonchev–Trinajstić information content (AvgIpc) is 3.36. The Kier molecular flexibility index (Phi) is 4.20. The number of nitrogens with one attached hydrogen (secondary N) is 2. The topological polar surface area (TPSA) is 58.2 Å². The summed E-state index contributed by atoms with van der Waals surface area (Å²) >= 11 is 1.25. The maximum Gasteiger partial charge on any atom is 0.266 e.